The highest BCUT2D eigenvalue weighted by molar-refractivity contribution is 8.15. The van der Waals surface area contributed by atoms with Gasteiger partial charge in [-0.05, 0) is 6.42 Å². The van der Waals surface area contributed by atoms with Crippen LogP contribution in [0.5, 0.6) is 0 Å². The fourth-order valence-electron chi connectivity index (χ4n) is 0.699. The van der Waals surface area contributed by atoms with E-state index >= 15 is 0 Å². The molecule has 0 aromatic rings. The minimum atomic E-state index is -0.870. The summed E-state index contributed by atoms with van der Waals surface area (Å²) in [5, 5.41) is 7.89. The van der Waals surface area contributed by atoms with Crippen LogP contribution in [-0.2, 0) is 9.59 Å². The summed E-state index contributed by atoms with van der Waals surface area (Å²) in [5.74, 6) is -0.870. The average molecular weight is 146 g/mol. The number of carbonyl (C=O) groups excluding carboxylic acids is 1. The van der Waals surface area contributed by atoms with Gasteiger partial charge in [-0.2, -0.15) is 0 Å². The van der Waals surface area contributed by atoms with E-state index in [4.69, 9.17) is 5.11 Å². The lowest BCUT2D eigenvalue weighted by Gasteiger charge is -1.95. The van der Waals surface area contributed by atoms with Gasteiger partial charge in [0.25, 0.3) is 0 Å². The molecule has 0 aliphatic carbocycles. The molecule has 3 nitrogen and oxygen atoms in total. The predicted octanol–water partition coefficient (Wildman–Crippen LogP) is 0.493. The van der Waals surface area contributed by atoms with E-state index in [-0.39, 0.29) is 5.12 Å². The van der Waals surface area contributed by atoms with Crippen LogP contribution in [0.4, 0.5) is 0 Å². The van der Waals surface area contributed by atoms with Crippen molar-refractivity contribution in [1.82, 2.24) is 0 Å². The highest BCUT2D eigenvalue weighted by Gasteiger charge is 2.28. The van der Waals surface area contributed by atoms with Crippen molar-refractivity contribution in [2.45, 2.75) is 18.1 Å². The lowest BCUT2D eigenvalue weighted by Crippen LogP contribution is -2.11. The van der Waals surface area contributed by atoms with Gasteiger partial charge in [0.15, 0.2) is 5.12 Å². The molecular formula is C5H6O3S. The summed E-state index contributed by atoms with van der Waals surface area (Å²) in [6, 6.07) is 0. The monoisotopic (exact) mass is 146 g/mol. The largest absolute Gasteiger partial charge is 0.480 e. The first kappa shape index (κ1) is 6.61. The number of aliphatic carboxylic acids is 1. The topological polar surface area (TPSA) is 54.4 Å². The first-order valence-corrected chi connectivity index (χ1v) is 3.50. The molecule has 1 unspecified atom stereocenters. The summed E-state index contributed by atoms with van der Waals surface area (Å²) in [5.41, 5.74) is 0. The van der Waals surface area contributed by atoms with Crippen LogP contribution in [0.15, 0.2) is 0 Å². The maximum Gasteiger partial charge on any atom is 0.317 e. The molecule has 0 spiro atoms. The van der Waals surface area contributed by atoms with Crippen molar-refractivity contribution in [2.24, 2.45) is 0 Å². The Bertz CT molecular complexity index is 154. The van der Waals surface area contributed by atoms with Crippen molar-refractivity contribution in [3.8, 4) is 0 Å². The van der Waals surface area contributed by atoms with Crippen molar-refractivity contribution in [3.05, 3.63) is 0 Å². The van der Waals surface area contributed by atoms with Crippen LogP contribution in [0, 0.1) is 0 Å². The second kappa shape index (κ2) is 2.39. The van der Waals surface area contributed by atoms with E-state index in [0.717, 1.165) is 11.8 Å². The molecule has 1 fully saturated rings. The molecule has 0 radical (unpaired) electrons. The molecule has 1 aliphatic heterocycles. The van der Waals surface area contributed by atoms with Gasteiger partial charge in [0.1, 0.15) is 5.25 Å². The van der Waals surface area contributed by atoms with E-state index in [1.165, 1.54) is 0 Å². The van der Waals surface area contributed by atoms with E-state index in [1.54, 1.807) is 0 Å². The van der Waals surface area contributed by atoms with Gasteiger partial charge in [0, 0.05) is 6.42 Å². The third-order valence-electron chi connectivity index (χ3n) is 1.16. The Hall–Kier alpha value is -0.510. The third kappa shape index (κ3) is 1.45. The van der Waals surface area contributed by atoms with Gasteiger partial charge < -0.3 is 5.11 Å². The summed E-state index contributed by atoms with van der Waals surface area (Å²) >= 11 is 0.935. The number of hydrogen-bond acceptors (Lipinski definition) is 3. The minimum Gasteiger partial charge on any atom is -0.480 e. The molecule has 1 aliphatic rings. The van der Waals surface area contributed by atoms with Crippen LogP contribution in [0.3, 0.4) is 0 Å². The van der Waals surface area contributed by atoms with Crippen LogP contribution in [0.1, 0.15) is 12.8 Å². The Labute approximate surface area is 56.4 Å². The Kier molecular flexibility index (Phi) is 1.75. The van der Waals surface area contributed by atoms with Gasteiger partial charge in [-0.3, -0.25) is 9.59 Å². The Morgan fingerprint density at radius 3 is 2.67 bits per heavy atom. The number of carboxylic acid groups (broad SMARTS) is 1. The maximum absolute atomic E-state index is 10.5. The molecule has 0 bridgehead atoms. The van der Waals surface area contributed by atoms with Gasteiger partial charge in [-0.1, -0.05) is 11.8 Å². The minimum absolute atomic E-state index is 0.00222. The van der Waals surface area contributed by atoms with E-state index in [2.05, 4.69) is 0 Å². The van der Waals surface area contributed by atoms with Crippen molar-refractivity contribution in [2.75, 3.05) is 0 Å². The van der Waals surface area contributed by atoms with Gasteiger partial charge >= 0.3 is 5.97 Å². The van der Waals surface area contributed by atoms with Crippen LogP contribution >= 0.6 is 11.8 Å². The zero-order valence-corrected chi connectivity index (χ0v) is 5.48. The molecule has 0 aromatic heterocycles. The lowest BCUT2D eigenvalue weighted by molar-refractivity contribution is -0.136. The lowest BCUT2D eigenvalue weighted by atomic mass is 10.2. The Morgan fingerprint density at radius 2 is 2.44 bits per heavy atom. The van der Waals surface area contributed by atoms with Gasteiger partial charge in [-0.15, -0.1) is 0 Å². The fourth-order valence-corrected chi connectivity index (χ4v) is 1.59. The zero-order valence-electron chi connectivity index (χ0n) is 4.66. The molecule has 1 saturated heterocycles. The van der Waals surface area contributed by atoms with Crippen molar-refractivity contribution in [1.29, 1.82) is 0 Å². The predicted molar refractivity (Wildman–Crippen MR) is 33.3 cm³/mol. The van der Waals surface area contributed by atoms with E-state index in [1.807, 2.05) is 0 Å². The van der Waals surface area contributed by atoms with Gasteiger partial charge in [0.2, 0.25) is 0 Å². The standard InChI is InChI=1S/C5H6O3S/c6-4-2-1-3(9-4)5(7)8/h3H,1-2H2,(H,7,8). The molecule has 1 rings (SSSR count). The summed E-state index contributed by atoms with van der Waals surface area (Å²) < 4.78 is 0. The number of rotatable bonds is 1. The molecule has 0 aromatic carbocycles. The highest BCUT2D eigenvalue weighted by atomic mass is 32.2. The van der Waals surface area contributed by atoms with Gasteiger partial charge in [0.05, 0.1) is 0 Å². The average Bonchev–Trinajstić information content (AvgIpc) is 2.14. The molecule has 1 N–H and O–H groups in total. The number of carboxylic acids is 1. The summed E-state index contributed by atoms with van der Waals surface area (Å²) in [4.78, 5) is 20.6. The van der Waals surface area contributed by atoms with Crippen LogP contribution < -0.4 is 0 Å². The van der Waals surface area contributed by atoms with Crippen molar-refractivity contribution >= 4 is 22.8 Å². The van der Waals surface area contributed by atoms with Crippen molar-refractivity contribution in [3.63, 3.8) is 0 Å². The second-order valence-electron chi connectivity index (χ2n) is 1.86. The zero-order chi connectivity index (χ0) is 6.85. The molecule has 1 heterocycles. The fraction of sp³-hybridized carbons (Fsp3) is 0.600. The Balaban J connectivity index is 2.48. The maximum atomic E-state index is 10.5. The highest BCUT2D eigenvalue weighted by Crippen LogP contribution is 2.27. The third-order valence-corrected chi connectivity index (χ3v) is 2.35. The number of carbonyl (C=O) groups is 2. The molecule has 0 saturated carbocycles. The SMILES string of the molecule is O=C1CCC(C(=O)O)S1. The van der Waals surface area contributed by atoms with Gasteiger partial charge in [-0.25, -0.2) is 0 Å². The van der Waals surface area contributed by atoms with Crippen LogP contribution in [0.2, 0.25) is 0 Å². The quantitative estimate of drug-likeness (QED) is 0.585. The van der Waals surface area contributed by atoms with E-state index in [0.29, 0.717) is 12.8 Å². The molecule has 1 atom stereocenters. The van der Waals surface area contributed by atoms with Crippen LogP contribution in [-0.4, -0.2) is 21.4 Å². The van der Waals surface area contributed by atoms with Crippen LogP contribution in [0.25, 0.3) is 0 Å². The Morgan fingerprint density at radius 1 is 1.78 bits per heavy atom. The number of thioether (sulfide) groups is 1. The molecule has 0 amide bonds. The van der Waals surface area contributed by atoms with Crippen molar-refractivity contribution < 1.29 is 14.7 Å². The smallest absolute Gasteiger partial charge is 0.317 e. The normalized spacial score (nSPS) is 26.7. The molecule has 50 valence electrons. The van der Waals surface area contributed by atoms with E-state index in [9.17, 15) is 9.59 Å². The number of hydrogen-bond donors (Lipinski definition) is 1. The molecule has 9 heavy (non-hydrogen) atoms. The molecule has 4 heteroatoms. The summed E-state index contributed by atoms with van der Waals surface area (Å²) in [6.45, 7) is 0. The second-order valence-corrected chi connectivity index (χ2v) is 3.12. The molecular weight excluding hydrogens is 140 g/mol. The summed E-state index contributed by atoms with van der Waals surface area (Å²) in [6.07, 6.45) is 0.917. The first-order chi connectivity index (χ1) is 4.20. The summed E-state index contributed by atoms with van der Waals surface area (Å²) in [7, 11) is 0. The van der Waals surface area contributed by atoms with E-state index < -0.39 is 11.2 Å². The first-order valence-electron chi connectivity index (χ1n) is 2.62.